The average Bonchev–Trinajstić information content (AvgIpc) is 2.48. The molecule has 0 aliphatic rings. The number of phenols is 1. The molecule has 0 radical (unpaired) electrons. The van der Waals surface area contributed by atoms with Crippen LogP contribution in [0.1, 0.15) is 15.9 Å². The summed E-state index contributed by atoms with van der Waals surface area (Å²) >= 11 is 11.7. The van der Waals surface area contributed by atoms with Crippen molar-refractivity contribution < 1.29 is 14.3 Å². The van der Waals surface area contributed by atoms with Gasteiger partial charge in [-0.1, -0.05) is 29.8 Å². The van der Waals surface area contributed by atoms with Crippen LogP contribution in [0.2, 0.25) is 10.0 Å². The molecule has 1 amide bonds. The summed E-state index contributed by atoms with van der Waals surface area (Å²) < 4.78 is 12.8. The standard InChI is InChI=1S/C15H11Cl2FN2O2/c1-8(12-6-10(16)7-13(17)14(12)21)19-20-15(22)9-2-4-11(18)5-3-9/h2-7,19,21H,1H2,(H,20,22). The van der Waals surface area contributed by atoms with E-state index in [0.717, 1.165) is 0 Å². The van der Waals surface area contributed by atoms with Gasteiger partial charge < -0.3 is 5.11 Å². The molecule has 0 aromatic heterocycles. The largest absolute Gasteiger partial charge is 0.506 e. The first-order valence-corrected chi connectivity index (χ1v) is 6.83. The number of hydrogen-bond acceptors (Lipinski definition) is 3. The molecular formula is C15H11Cl2FN2O2. The van der Waals surface area contributed by atoms with Gasteiger partial charge in [0.15, 0.2) is 0 Å². The molecule has 2 rings (SSSR count). The third-order valence-electron chi connectivity index (χ3n) is 2.79. The first kappa shape index (κ1) is 16.1. The van der Waals surface area contributed by atoms with E-state index in [9.17, 15) is 14.3 Å². The summed E-state index contributed by atoms with van der Waals surface area (Å²) in [4.78, 5) is 11.9. The fraction of sp³-hybridized carbons (Fsp3) is 0. The number of hydrazine groups is 1. The second-order valence-electron chi connectivity index (χ2n) is 4.35. The van der Waals surface area contributed by atoms with Gasteiger partial charge in [-0.3, -0.25) is 15.6 Å². The fourth-order valence-electron chi connectivity index (χ4n) is 1.67. The first-order chi connectivity index (χ1) is 10.4. The van der Waals surface area contributed by atoms with Crippen LogP contribution in [0.25, 0.3) is 5.70 Å². The number of hydrogen-bond donors (Lipinski definition) is 3. The predicted molar refractivity (Wildman–Crippen MR) is 84.2 cm³/mol. The number of benzene rings is 2. The van der Waals surface area contributed by atoms with Crippen molar-refractivity contribution in [2.24, 2.45) is 0 Å². The number of carbonyl (C=O) groups is 1. The maximum atomic E-state index is 12.8. The molecule has 3 N–H and O–H groups in total. The van der Waals surface area contributed by atoms with Crippen LogP contribution >= 0.6 is 23.2 Å². The van der Waals surface area contributed by atoms with Crippen LogP contribution in [0.4, 0.5) is 4.39 Å². The normalized spacial score (nSPS) is 10.1. The lowest BCUT2D eigenvalue weighted by atomic mass is 10.1. The minimum atomic E-state index is -0.492. The molecule has 0 saturated heterocycles. The quantitative estimate of drug-likeness (QED) is 0.743. The Morgan fingerprint density at radius 1 is 1.14 bits per heavy atom. The molecule has 0 aliphatic heterocycles. The number of halogens is 3. The summed E-state index contributed by atoms with van der Waals surface area (Å²) in [6.45, 7) is 3.68. The van der Waals surface area contributed by atoms with Gasteiger partial charge in [-0.15, -0.1) is 0 Å². The third-order valence-corrected chi connectivity index (χ3v) is 3.29. The smallest absolute Gasteiger partial charge is 0.269 e. The monoisotopic (exact) mass is 340 g/mol. The molecule has 0 atom stereocenters. The Kier molecular flexibility index (Phi) is 4.90. The molecule has 2 aromatic rings. The zero-order valence-corrected chi connectivity index (χ0v) is 12.7. The number of rotatable bonds is 4. The van der Waals surface area contributed by atoms with E-state index in [0.29, 0.717) is 5.02 Å². The first-order valence-electron chi connectivity index (χ1n) is 6.07. The number of phenolic OH excluding ortho intramolecular Hbond substituents is 1. The van der Waals surface area contributed by atoms with E-state index in [4.69, 9.17) is 23.2 Å². The highest BCUT2D eigenvalue weighted by atomic mass is 35.5. The van der Waals surface area contributed by atoms with Crippen molar-refractivity contribution in [1.29, 1.82) is 0 Å². The summed E-state index contributed by atoms with van der Waals surface area (Å²) in [5, 5.41) is 10.2. The van der Waals surface area contributed by atoms with Gasteiger partial charge in [0.2, 0.25) is 0 Å². The van der Waals surface area contributed by atoms with Gasteiger partial charge in [-0.05, 0) is 36.4 Å². The van der Waals surface area contributed by atoms with Gasteiger partial charge in [-0.2, -0.15) is 0 Å². The van der Waals surface area contributed by atoms with Crippen molar-refractivity contribution in [3.8, 4) is 5.75 Å². The predicted octanol–water partition coefficient (Wildman–Crippen LogP) is 3.74. The van der Waals surface area contributed by atoms with Crippen LogP contribution in [0.3, 0.4) is 0 Å². The maximum absolute atomic E-state index is 12.8. The van der Waals surface area contributed by atoms with Crippen LogP contribution < -0.4 is 10.9 Å². The molecule has 114 valence electrons. The van der Waals surface area contributed by atoms with Gasteiger partial charge in [0.1, 0.15) is 11.6 Å². The van der Waals surface area contributed by atoms with Crippen LogP contribution in [-0.2, 0) is 0 Å². The molecule has 0 unspecified atom stereocenters. The van der Waals surface area contributed by atoms with E-state index in [-0.39, 0.29) is 27.6 Å². The zero-order chi connectivity index (χ0) is 16.3. The Morgan fingerprint density at radius 2 is 1.77 bits per heavy atom. The summed E-state index contributed by atoms with van der Waals surface area (Å²) in [5.74, 6) is -1.14. The Morgan fingerprint density at radius 3 is 2.41 bits per heavy atom. The Labute approximate surface area is 136 Å². The van der Waals surface area contributed by atoms with Gasteiger partial charge in [0, 0.05) is 16.1 Å². The molecule has 0 aliphatic carbocycles. The SMILES string of the molecule is C=C(NNC(=O)c1ccc(F)cc1)c1cc(Cl)cc(Cl)c1O. The second kappa shape index (κ2) is 6.68. The van der Waals surface area contributed by atoms with E-state index in [1.807, 2.05) is 0 Å². The number of amides is 1. The van der Waals surface area contributed by atoms with E-state index >= 15 is 0 Å². The van der Waals surface area contributed by atoms with Gasteiger partial charge in [0.05, 0.1) is 10.7 Å². The van der Waals surface area contributed by atoms with Crippen molar-refractivity contribution in [2.45, 2.75) is 0 Å². The minimum absolute atomic E-state index is 0.0651. The van der Waals surface area contributed by atoms with Crippen LogP contribution in [0.5, 0.6) is 5.75 Å². The fourth-order valence-corrected chi connectivity index (χ4v) is 2.16. The number of aromatic hydroxyl groups is 1. The molecule has 7 heteroatoms. The van der Waals surface area contributed by atoms with E-state index in [2.05, 4.69) is 17.4 Å². The topological polar surface area (TPSA) is 61.4 Å². The molecule has 0 bridgehead atoms. The molecule has 2 aromatic carbocycles. The van der Waals surface area contributed by atoms with Crippen molar-refractivity contribution in [3.05, 3.63) is 70.0 Å². The van der Waals surface area contributed by atoms with E-state index < -0.39 is 11.7 Å². The molecule has 0 saturated carbocycles. The molecular weight excluding hydrogens is 330 g/mol. The van der Waals surface area contributed by atoms with Gasteiger partial charge in [0.25, 0.3) is 5.91 Å². The molecule has 22 heavy (non-hydrogen) atoms. The van der Waals surface area contributed by atoms with E-state index in [1.54, 1.807) is 0 Å². The lowest BCUT2D eigenvalue weighted by Gasteiger charge is -2.13. The van der Waals surface area contributed by atoms with Crippen molar-refractivity contribution in [1.82, 2.24) is 10.9 Å². The number of nitrogens with one attached hydrogen (secondary N) is 2. The van der Waals surface area contributed by atoms with Crippen molar-refractivity contribution in [3.63, 3.8) is 0 Å². The summed E-state index contributed by atoms with van der Waals surface area (Å²) in [6, 6.07) is 7.85. The minimum Gasteiger partial charge on any atom is -0.506 e. The highest BCUT2D eigenvalue weighted by molar-refractivity contribution is 6.35. The zero-order valence-electron chi connectivity index (χ0n) is 11.2. The van der Waals surface area contributed by atoms with Crippen LogP contribution in [-0.4, -0.2) is 11.0 Å². The number of carbonyl (C=O) groups excluding carboxylic acids is 1. The molecule has 4 nitrogen and oxygen atoms in total. The Balaban J connectivity index is 2.07. The van der Waals surface area contributed by atoms with Gasteiger partial charge >= 0.3 is 0 Å². The highest BCUT2D eigenvalue weighted by Crippen LogP contribution is 2.33. The van der Waals surface area contributed by atoms with E-state index in [1.165, 1.54) is 36.4 Å². The summed E-state index contributed by atoms with van der Waals surface area (Å²) in [7, 11) is 0. The lowest BCUT2D eigenvalue weighted by molar-refractivity contribution is 0.0942. The van der Waals surface area contributed by atoms with Crippen molar-refractivity contribution in [2.75, 3.05) is 0 Å². The van der Waals surface area contributed by atoms with Crippen LogP contribution in [0.15, 0.2) is 43.0 Å². The second-order valence-corrected chi connectivity index (χ2v) is 5.19. The maximum Gasteiger partial charge on any atom is 0.269 e. The summed E-state index contributed by atoms with van der Waals surface area (Å²) in [5.41, 5.74) is 5.62. The molecule has 0 fully saturated rings. The molecule has 0 heterocycles. The average molecular weight is 341 g/mol. The van der Waals surface area contributed by atoms with Crippen molar-refractivity contribution >= 4 is 34.8 Å². The highest BCUT2D eigenvalue weighted by Gasteiger charge is 2.12. The summed E-state index contributed by atoms with van der Waals surface area (Å²) in [6.07, 6.45) is 0. The Bertz CT molecular complexity index is 733. The van der Waals surface area contributed by atoms with Crippen LogP contribution in [0, 0.1) is 5.82 Å². The lowest BCUT2D eigenvalue weighted by Crippen LogP contribution is -2.35. The Hall–Kier alpha value is -2.24. The third kappa shape index (κ3) is 3.69. The molecule has 0 spiro atoms. The van der Waals surface area contributed by atoms with Gasteiger partial charge in [-0.25, -0.2) is 4.39 Å².